The minimum atomic E-state index is -0.905. The Morgan fingerprint density at radius 3 is 2.56 bits per heavy atom. The lowest BCUT2D eigenvalue weighted by atomic mass is 9.83. The Hall–Kier alpha value is -3.59. The van der Waals surface area contributed by atoms with Crippen molar-refractivity contribution in [2.24, 2.45) is 11.8 Å². The molecule has 9 heteroatoms. The fraction of sp³-hybridized carbons (Fsp3) is 0.583. The van der Waals surface area contributed by atoms with Gasteiger partial charge in [-0.15, -0.1) is 0 Å². The second-order valence-corrected chi connectivity index (χ2v) is 14.0. The molecule has 4 amide bonds. The van der Waals surface area contributed by atoms with Gasteiger partial charge in [0, 0.05) is 50.9 Å². The van der Waals surface area contributed by atoms with E-state index in [4.69, 9.17) is 4.74 Å². The van der Waals surface area contributed by atoms with Gasteiger partial charge >= 0.3 is 12.1 Å². The number of aliphatic hydroxyl groups is 1. The first-order chi connectivity index (χ1) is 21.6. The Morgan fingerprint density at radius 1 is 1.00 bits per heavy atom. The number of aryl methyl sites for hydroxylation is 1. The first-order valence-corrected chi connectivity index (χ1v) is 16.8. The van der Waals surface area contributed by atoms with Crippen LogP contribution in [0.4, 0.5) is 15.3 Å². The van der Waals surface area contributed by atoms with E-state index in [2.05, 4.69) is 11.4 Å². The fourth-order valence-corrected chi connectivity index (χ4v) is 7.99. The van der Waals surface area contributed by atoms with Gasteiger partial charge < -0.3 is 29.9 Å². The molecule has 2 aromatic rings. The van der Waals surface area contributed by atoms with Gasteiger partial charge in [0.1, 0.15) is 0 Å². The van der Waals surface area contributed by atoms with Gasteiger partial charge in [-0.05, 0) is 94.2 Å². The van der Waals surface area contributed by atoms with Crippen molar-refractivity contribution < 1.29 is 24.2 Å². The Bertz CT molecular complexity index is 1390. The lowest BCUT2D eigenvalue weighted by Crippen LogP contribution is -2.52. The van der Waals surface area contributed by atoms with Gasteiger partial charge in [0.25, 0.3) is 5.91 Å². The normalized spacial score (nSPS) is 26.6. The summed E-state index contributed by atoms with van der Waals surface area (Å²) in [5.74, 6) is 0.639. The number of ether oxygens (including phenoxy) is 1. The minimum absolute atomic E-state index is 0.0368. The summed E-state index contributed by atoms with van der Waals surface area (Å²) in [5, 5.41) is 13.6. The summed E-state index contributed by atoms with van der Waals surface area (Å²) in [6.45, 7) is 6.83. The standard InChI is InChI=1S/C36H48N4O5/c1-25-7-5-8-26(21-25)22-32(33(41)39-17-6-10-29(24-39)28-12-16-36(2,44)23-28)45-35(43)38-18-14-30(15-19-38)40-20-13-27-9-3-4-11-31(27)37-34(40)42/h3-5,7-9,11,21,28-30,32,44H,6,10,12-20,22-24H2,1-2H3,(H,37,42). The number of para-hydroxylation sites is 1. The van der Waals surface area contributed by atoms with E-state index >= 15 is 0 Å². The molecule has 1 saturated carbocycles. The molecule has 4 aliphatic rings. The average molecular weight is 617 g/mol. The highest BCUT2D eigenvalue weighted by molar-refractivity contribution is 5.91. The number of anilines is 1. The van der Waals surface area contributed by atoms with E-state index < -0.39 is 17.8 Å². The van der Waals surface area contributed by atoms with Crippen LogP contribution in [-0.4, -0.2) is 88.3 Å². The third-order valence-electron chi connectivity index (χ3n) is 10.5. The van der Waals surface area contributed by atoms with Gasteiger partial charge in [0.2, 0.25) is 0 Å². The van der Waals surface area contributed by atoms with Crippen LogP contribution in [0.2, 0.25) is 0 Å². The second kappa shape index (κ2) is 13.4. The molecule has 3 heterocycles. The van der Waals surface area contributed by atoms with Crippen LogP contribution >= 0.6 is 0 Å². The number of urea groups is 1. The number of piperidine rings is 2. The number of fused-ring (bicyclic) bond motifs is 1. The van der Waals surface area contributed by atoms with E-state index in [1.807, 2.05) is 66.1 Å². The highest BCUT2D eigenvalue weighted by Crippen LogP contribution is 2.41. The molecular formula is C36H48N4O5. The van der Waals surface area contributed by atoms with Gasteiger partial charge in [0.15, 0.2) is 6.10 Å². The van der Waals surface area contributed by atoms with Crippen molar-refractivity contribution in [2.45, 2.75) is 89.4 Å². The molecule has 3 fully saturated rings. The third kappa shape index (κ3) is 7.46. The molecule has 3 aliphatic heterocycles. The molecule has 9 nitrogen and oxygen atoms in total. The molecule has 0 bridgehead atoms. The average Bonchev–Trinajstić information content (AvgIpc) is 3.31. The molecular weight excluding hydrogens is 568 g/mol. The van der Waals surface area contributed by atoms with E-state index in [1.165, 1.54) is 0 Å². The highest BCUT2D eigenvalue weighted by Gasteiger charge is 2.41. The summed E-state index contributed by atoms with van der Waals surface area (Å²) in [6, 6.07) is 15.9. The molecule has 2 saturated heterocycles. The molecule has 4 atom stereocenters. The number of nitrogens with one attached hydrogen (secondary N) is 1. The van der Waals surface area contributed by atoms with Crippen molar-refractivity contribution in [1.82, 2.24) is 14.7 Å². The quantitative estimate of drug-likeness (QED) is 0.454. The zero-order valence-corrected chi connectivity index (χ0v) is 26.7. The molecule has 1 aliphatic carbocycles. The Balaban J connectivity index is 1.09. The maximum Gasteiger partial charge on any atom is 0.410 e. The molecule has 6 rings (SSSR count). The number of amides is 4. The lowest BCUT2D eigenvalue weighted by molar-refractivity contribution is -0.143. The van der Waals surface area contributed by atoms with Gasteiger partial charge in [-0.2, -0.15) is 0 Å². The van der Waals surface area contributed by atoms with Crippen molar-refractivity contribution in [3.8, 4) is 0 Å². The van der Waals surface area contributed by atoms with Crippen molar-refractivity contribution in [1.29, 1.82) is 0 Å². The van der Waals surface area contributed by atoms with Crippen LogP contribution in [0.1, 0.15) is 68.6 Å². The number of hydrogen-bond donors (Lipinski definition) is 2. The van der Waals surface area contributed by atoms with Crippen LogP contribution in [0.15, 0.2) is 48.5 Å². The Kier molecular flexibility index (Phi) is 9.36. The lowest BCUT2D eigenvalue weighted by Gasteiger charge is -2.39. The number of carbonyl (C=O) groups excluding carboxylic acids is 3. The summed E-state index contributed by atoms with van der Waals surface area (Å²) < 4.78 is 6.07. The zero-order valence-electron chi connectivity index (χ0n) is 26.7. The van der Waals surface area contributed by atoms with Crippen LogP contribution in [0.5, 0.6) is 0 Å². The van der Waals surface area contributed by atoms with E-state index in [9.17, 15) is 19.5 Å². The first kappa shape index (κ1) is 31.4. The number of nitrogens with zero attached hydrogens (tertiary/aromatic N) is 3. The molecule has 2 N–H and O–H groups in total. The van der Waals surface area contributed by atoms with Crippen LogP contribution in [0.25, 0.3) is 0 Å². The third-order valence-corrected chi connectivity index (χ3v) is 10.5. The van der Waals surface area contributed by atoms with Crippen LogP contribution < -0.4 is 5.32 Å². The maximum atomic E-state index is 14.0. The monoisotopic (exact) mass is 616 g/mol. The van der Waals surface area contributed by atoms with Gasteiger partial charge in [-0.1, -0.05) is 48.0 Å². The molecule has 4 unspecified atom stereocenters. The smallest absolute Gasteiger partial charge is 0.410 e. The second-order valence-electron chi connectivity index (χ2n) is 14.0. The zero-order chi connectivity index (χ0) is 31.6. The summed E-state index contributed by atoms with van der Waals surface area (Å²) >= 11 is 0. The predicted molar refractivity (Wildman–Crippen MR) is 173 cm³/mol. The summed E-state index contributed by atoms with van der Waals surface area (Å²) in [5.41, 5.74) is 3.45. The number of benzene rings is 2. The summed E-state index contributed by atoms with van der Waals surface area (Å²) in [4.78, 5) is 46.2. The molecule has 0 spiro atoms. The largest absolute Gasteiger partial charge is 0.436 e. The van der Waals surface area contributed by atoms with Crippen LogP contribution in [0.3, 0.4) is 0 Å². The van der Waals surface area contributed by atoms with E-state index in [-0.39, 0.29) is 18.0 Å². The number of hydrogen-bond acceptors (Lipinski definition) is 5. The minimum Gasteiger partial charge on any atom is -0.436 e. The number of carbonyl (C=O) groups is 3. The SMILES string of the molecule is Cc1cccc(CC(OC(=O)N2CCC(N3CCc4ccccc4NC3=O)CC2)C(=O)N2CCCC(C3CCC(C)(O)C3)C2)c1. The summed E-state index contributed by atoms with van der Waals surface area (Å²) in [6.07, 6.45) is 5.63. The highest BCUT2D eigenvalue weighted by atomic mass is 16.6. The predicted octanol–water partition coefficient (Wildman–Crippen LogP) is 5.39. The maximum absolute atomic E-state index is 14.0. The Morgan fingerprint density at radius 2 is 1.80 bits per heavy atom. The van der Waals surface area contributed by atoms with Crippen LogP contribution in [-0.2, 0) is 22.4 Å². The molecule has 2 aromatic carbocycles. The van der Waals surface area contributed by atoms with Crippen LogP contribution in [0, 0.1) is 18.8 Å². The van der Waals surface area contributed by atoms with Gasteiger partial charge in [-0.25, -0.2) is 9.59 Å². The molecule has 242 valence electrons. The summed E-state index contributed by atoms with van der Waals surface area (Å²) in [7, 11) is 0. The van der Waals surface area contributed by atoms with E-state index in [1.54, 1.807) is 4.90 Å². The number of rotatable bonds is 6. The van der Waals surface area contributed by atoms with Gasteiger partial charge in [-0.3, -0.25) is 4.79 Å². The van der Waals surface area contributed by atoms with E-state index in [0.717, 1.165) is 60.9 Å². The molecule has 45 heavy (non-hydrogen) atoms. The first-order valence-electron chi connectivity index (χ1n) is 16.8. The topological polar surface area (TPSA) is 102 Å². The molecule has 0 aromatic heterocycles. The van der Waals surface area contributed by atoms with Crippen molar-refractivity contribution >= 4 is 23.7 Å². The molecule has 0 radical (unpaired) electrons. The number of likely N-dealkylation sites (tertiary alicyclic amines) is 2. The fourth-order valence-electron chi connectivity index (χ4n) is 7.99. The van der Waals surface area contributed by atoms with Gasteiger partial charge in [0.05, 0.1) is 5.60 Å². The van der Waals surface area contributed by atoms with Crippen molar-refractivity contribution in [2.75, 3.05) is 38.0 Å². The Labute approximate surface area is 266 Å². The van der Waals surface area contributed by atoms with Crippen molar-refractivity contribution in [3.05, 3.63) is 65.2 Å². The van der Waals surface area contributed by atoms with Crippen molar-refractivity contribution in [3.63, 3.8) is 0 Å². The van der Waals surface area contributed by atoms with E-state index in [0.29, 0.717) is 63.8 Å².